The van der Waals surface area contributed by atoms with E-state index in [4.69, 9.17) is 0 Å². The summed E-state index contributed by atoms with van der Waals surface area (Å²) in [5.74, 6) is -2.50. The molecule has 1 aromatic rings. The van der Waals surface area contributed by atoms with E-state index in [0.717, 1.165) is 10.8 Å². The molecule has 0 aliphatic carbocycles. The minimum Gasteiger partial charge on any atom is -0.263 e. The zero-order chi connectivity index (χ0) is 11.7. The van der Waals surface area contributed by atoms with Crippen LogP contribution < -0.4 is 4.72 Å². The number of amides is 1. The van der Waals surface area contributed by atoms with Gasteiger partial charge in [-0.05, 0) is 11.4 Å². The number of sulfonamides is 1. The van der Waals surface area contributed by atoms with Crippen molar-refractivity contribution in [2.45, 2.75) is 10.4 Å². The second-order valence-corrected chi connectivity index (χ2v) is 5.22. The molecule has 0 unspecified atom stereocenters. The van der Waals surface area contributed by atoms with Crippen LogP contribution in [0.3, 0.4) is 0 Å². The van der Waals surface area contributed by atoms with E-state index in [1.807, 2.05) is 0 Å². The van der Waals surface area contributed by atoms with E-state index in [9.17, 15) is 26.4 Å². The van der Waals surface area contributed by atoms with Gasteiger partial charge >= 0.3 is 12.1 Å². The van der Waals surface area contributed by atoms with Gasteiger partial charge in [0, 0.05) is 0 Å². The first-order valence-electron chi connectivity index (χ1n) is 3.41. The highest BCUT2D eigenvalue weighted by Gasteiger charge is 2.41. The van der Waals surface area contributed by atoms with E-state index >= 15 is 0 Å². The summed E-state index contributed by atoms with van der Waals surface area (Å²) in [7, 11) is -4.40. The molecule has 0 spiro atoms. The number of hydrogen-bond donors (Lipinski definition) is 1. The van der Waals surface area contributed by atoms with E-state index in [-0.39, 0.29) is 4.21 Å². The molecule has 0 fully saturated rings. The van der Waals surface area contributed by atoms with Crippen molar-refractivity contribution >= 4 is 27.3 Å². The lowest BCUT2D eigenvalue weighted by atomic mass is 10.6. The van der Waals surface area contributed by atoms with Crippen molar-refractivity contribution in [3.63, 3.8) is 0 Å². The average molecular weight is 259 g/mol. The largest absolute Gasteiger partial charge is 0.472 e. The number of thiophene rings is 1. The fraction of sp³-hybridized carbons (Fsp3) is 0.167. The summed E-state index contributed by atoms with van der Waals surface area (Å²) >= 11 is 0.712. The quantitative estimate of drug-likeness (QED) is 0.865. The van der Waals surface area contributed by atoms with Crippen LogP contribution in [-0.2, 0) is 14.8 Å². The van der Waals surface area contributed by atoms with Gasteiger partial charge in [-0.3, -0.25) is 4.79 Å². The van der Waals surface area contributed by atoms with Crippen LogP contribution in [0.2, 0.25) is 0 Å². The van der Waals surface area contributed by atoms with Crippen LogP contribution in [-0.4, -0.2) is 20.5 Å². The van der Waals surface area contributed by atoms with Crippen LogP contribution in [0.15, 0.2) is 21.7 Å². The summed E-state index contributed by atoms with van der Waals surface area (Å²) in [6, 6.07) is 2.44. The van der Waals surface area contributed by atoms with Crippen LogP contribution >= 0.6 is 11.3 Å². The topological polar surface area (TPSA) is 63.2 Å². The minimum absolute atomic E-state index is 0.347. The molecule has 84 valence electrons. The van der Waals surface area contributed by atoms with Crippen molar-refractivity contribution < 1.29 is 26.4 Å². The van der Waals surface area contributed by atoms with E-state index in [0.29, 0.717) is 11.3 Å². The van der Waals surface area contributed by atoms with Gasteiger partial charge in [0.1, 0.15) is 4.21 Å². The summed E-state index contributed by atoms with van der Waals surface area (Å²) < 4.78 is 58.1. The molecule has 0 radical (unpaired) electrons. The Morgan fingerprint density at radius 1 is 1.40 bits per heavy atom. The van der Waals surface area contributed by atoms with Crippen LogP contribution in [0.5, 0.6) is 0 Å². The minimum atomic E-state index is -5.22. The molecule has 9 heteroatoms. The molecule has 1 rings (SSSR count). The van der Waals surface area contributed by atoms with Gasteiger partial charge < -0.3 is 0 Å². The molecule has 1 heterocycles. The van der Waals surface area contributed by atoms with Gasteiger partial charge in [-0.1, -0.05) is 6.07 Å². The highest BCUT2D eigenvalue weighted by molar-refractivity contribution is 7.92. The molecular weight excluding hydrogens is 255 g/mol. The van der Waals surface area contributed by atoms with E-state index in [1.54, 1.807) is 0 Å². The van der Waals surface area contributed by atoms with Gasteiger partial charge in [-0.15, -0.1) is 11.3 Å². The molecule has 4 nitrogen and oxygen atoms in total. The molecule has 0 saturated heterocycles. The van der Waals surface area contributed by atoms with E-state index < -0.39 is 22.1 Å². The Kier molecular flexibility index (Phi) is 3.05. The highest BCUT2D eigenvalue weighted by atomic mass is 32.2. The Hall–Kier alpha value is -1.09. The summed E-state index contributed by atoms with van der Waals surface area (Å²) in [6.45, 7) is 0. The van der Waals surface area contributed by atoms with Crippen LogP contribution in [0.4, 0.5) is 13.2 Å². The van der Waals surface area contributed by atoms with Crippen LogP contribution in [0.1, 0.15) is 0 Å². The van der Waals surface area contributed by atoms with Crippen molar-refractivity contribution in [2.24, 2.45) is 0 Å². The molecule has 0 aromatic carbocycles. The van der Waals surface area contributed by atoms with E-state index in [2.05, 4.69) is 0 Å². The van der Waals surface area contributed by atoms with Crippen LogP contribution in [0.25, 0.3) is 0 Å². The van der Waals surface area contributed by atoms with E-state index in [1.165, 1.54) is 11.4 Å². The lowest BCUT2D eigenvalue weighted by Gasteiger charge is -2.06. The van der Waals surface area contributed by atoms with Crippen molar-refractivity contribution in [2.75, 3.05) is 0 Å². The Bertz CT molecular complexity index is 448. The first kappa shape index (κ1) is 12.0. The molecule has 1 N–H and O–H groups in total. The van der Waals surface area contributed by atoms with Gasteiger partial charge in [0.25, 0.3) is 10.0 Å². The Morgan fingerprint density at radius 2 is 2.00 bits per heavy atom. The van der Waals surface area contributed by atoms with Crippen LogP contribution in [0, 0.1) is 0 Å². The third-order valence-corrected chi connectivity index (χ3v) is 3.97. The third-order valence-electron chi connectivity index (χ3n) is 1.24. The maximum absolute atomic E-state index is 11.7. The molecule has 1 amide bonds. The SMILES string of the molecule is O=C(NS(=O)(=O)c1cccs1)C(F)(F)F. The first-order chi connectivity index (χ1) is 6.73. The number of carbonyl (C=O) groups excluding carboxylic acids is 1. The fourth-order valence-electron chi connectivity index (χ4n) is 0.647. The molecule has 0 aliphatic rings. The number of nitrogens with one attached hydrogen (secondary N) is 1. The van der Waals surface area contributed by atoms with Gasteiger partial charge in [0.15, 0.2) is 0 Å². The fourth-order valence-corrected chi connectivity index (χ4v) is 2.61. The van der Waals surface area contributed by atoms with Gasteiger partial charge in [0.2, 0.25) is 0 Å². The number of hydrogen-bond acceptors (Lipinski definition) is 4. The number of alkyl halides is 3. The van der Waals surface area contributed by atoms with Gasteiger partial charge in [0.05, 0.1) is 0 Å². The Balaban J connectivity index is 2.89. The Morgan fingerprint density at radius 3 is 2.40 bits per heavy atom. The highest BCUT2D eigenvalue weighted by Crippen LogP contribution is 2.19. The summed E-state index contributed by atoms with van der Waals surface area (Å²) in [5.41, 5.74) is 0. The van der Waals surface area contributed by atoms with Crippen molar-refractivity contribution in [3.05, 3.63) is 17.5 Å². The predicted molar refractivity (Wildman–Crippen MR) is 45.7 cm³/mol. The van der Waals surface area contributed by atoms with Crippen molar-refractivity contribution in [3.8, 4) is 0 Å². The molecule has 0 atom stereocenters. The number of carbonyl (C=O) groups is 1. The second kappa shape index (κ2) is 3.81. The molecule has 15 heavy (non-hydrogen) atoms. The standard InChI is InChI=1S/C6H4F3NO3S2/c7-6(8,9)5(11)10-15(12,13)4-2-1-3-14-4/h1-3H,(H,10,11). The summed E-state index contributed by atoms with van der Waals surface area (Å²) in [6.07, 6.45) is -5.22. The Labute approximate surface area is 86.8 Å². The molecule has 1 aromatic heterocycles. The number of halogens is 3. The maximum atomic E-state index is 11.7. The van der Waals surface area contributed by atoms with Gasteiger partial charge in [-0.25, -0.2) is 13.1 Å². The normalized spacial score (nSPS) is 12.5. The maximum Gasteiger partial charge on any atom is 0.472 e. The summed E-state index contributed by atoms with van der Waals surface area (Å²) in [5, 5.41) is 1.37. The zero-order valence-electron chi connectivity index (χ0n) is 6.91. The molecule has 0 aliphatic heterocycles. The average Bonchev–Trinajstić information content (AvgIpc) is 2.52. The van der Waals surface area contributed by atoms with Gasteiger partial charge in [-0.2, -0.15) is 13.2 Å². The predicted octanol–water partition coefficient (Wildman–Crippen LogP) is 1.12. The molecule has 0 saturated carbocycles. The van der Waals surface area contributed by atoms with Crippen molar-refractivity contribution in [1.82, 2.24) is 4.72 Å². The smallest absolute Gasteiger partial charge is 0.263 e. The number of rotatable bonds is 2. The lowest BCUT2D eigenvalue weighted by molar-refractivity contribution is -0.171. The monoisotopic (exact) mass is 259 g/mol. The third kappa shape index (κ3) is 2.93. The molecular formula is C6H4F3NO3S2. The summed E-state index contributed by atoms with van der Waals surface area (Å²) in [4.78, 5) is 10.4. The first-order valence-corrected chi connectivity index (χ1v) is 5.77. The zero-order valence-corrected chi connectivity index (χ0v) is 8.54. The molecule has 0 bridgehead atoms. The second-order valence-electron chi connectivity index (χ2n) is 2.36. The van der Waals surface area contributed by atoms with Crippen molar-refractivity contribution in [1.29, 1.82) is 0 Å². The lowest BCUT2D eigenvalue weighted by Crippen LogP contribution is -2.40.